The fourth-order valence-electron chi connectivity index (χ4n) is 5.70. The van der Waals surface area contributed by atoms with Crippen molar-refractivity contribution in [2.45, 2.75) is 77.3 Å². The van der Waals surface area contributed by atoms with Crippen molar-refractivity contribution < 1.29 is 43.2 Å². The normalized spacial score (nSPS) is 22.5. The maximum absolute atomic E-state index is 13.0. The van der Waals surface area contributed by atoms with Crippen LogP contribution in [0.15, 0.2) is 46.0 Å². The van der Waals surface area contributed by atoms with Crippen LogP contribution in [0.5, 0.6) is 11.5 Å². The molecular formula is C32H36N4O10. The van der Waals surface area contributed by atoms with Crippen molar-refractivity contribution >= 4 is 28.5 Å². The Labute approximate surface area is 263 Å². The highest BCUT2D eigenvalue weighted by Gasteiger charge is 2.53. The molecule has 4 atom stereocenters. The number of amides is 1. The number of imidazole rings is 1. The Balaban J connectivity index is 1.23. The lowest BCUT2D eigenvalue weighted by Gasteiger charge is -2.47. The standard InChI is InChI=1S/C32H36N4O10/c1-15-6-10-19(34-15)29(40)45-26-24(38)31(46-32(3,4)27(26)42-5)43-21-11-9-18-23(37)22(30(41)44-25(18)16(21)2)35-28(39)20-13-36(14-33-20)12-17-7-8-17/h6,9-11,13-14,17,24,26-27,31,34,37-38H,7-8,12H2,1-5H3,(H,35,39)/t24-,26+,27-,31-/m1/s1. The van der Waals surface area contributed by atoms with E-state index in [0.717, 1.165) is 25.1 Å². The highest BCUT2D eigenvalue weighted by atomic mass is 16.7. The van der Waals surface area contributed by atoms with E-state index in [1.54, 1.807) is 52.4 Å². The number of carbonyl (C=O) groups is 2. The van der Waals surface area contributed by atoms with Gasteiger partial charge in [-0.2, -0.15) is 0 Å². The van der Waals surface area contributed by atoms with Gasteiger partial charge in [-0.25, -0.2) is 14.6 Å². The van der Waals surface area contributed by atoms with E-state index in [-0.39, 0.29) is 28.1 Å². The number of benzene rings is 1. The molecule has 3 aromatic heterocycles. The molecule has 2 fully saturated rings. The number of aromatic amines is 1. The van der Waals surface area contributed by atoms with Crippen molar-refractivity contribution in [2.24, 2.45) is 5.92 Å². The molecule has 1 aliphatic heterocycles. The lowest BCUT2D eigenvalue weighted by molar-refractivity contribution is -0.305. The molecule has 4 heterocycles. The predicted molar refractivity (Wildman–Crippen MR) is 163 cm³/mol. The van der Waals surface area contributed by atoms with E-state index in [9.17, 15) is 24.6 Å². The molecule has 0 spiro atoms. The first kappa shape index (κ1) is 31.3. The summed E-state index contributed by atoms with van der Waals surface area (Å²) in [6.07, 6.45) is 0.577. The monoisotopic (exact) mass is 636 g/mol. The number of nitrogens with one attached hydrogen (secondary N) is 2. The van der Waals surface area contributed by atoms with E-state index in [0.29, 0.717) is 11.5 Å². The molecule has 2 aliphatic rings. The molecule has 46 heavy (non-hydrogen) atoms. The van der Waals surface area contributed by atoms with Gasteiger partial charge in [0.2, 0.25) is 6.29 Å². The van der Waals surface area contributed by atoms with E-state index in [2.05, 4.69) is 15.3 Å². The lowest BCUT2D eigenvalue weighted by atomic mass is 9.89. The quantitative estimate of drug-likeness (QED) is 0.156. The van der Waals surface area contributed by atoms with Crippen LogP contribution in [0, 0.1) is 19.8 Å². The number of methoxy groups -OCH3 is 1. The smallest absolute Gasteiger partial charge is 0.364 e. The van der Waals surface area contributed by atoms with Gasteiger partial charge in [-0.15, -0.1) is 0 Å². The van der Waals surface area contributed by atoms with Crippen LogP contribution in [-0.2, 0) is 20.8 Å². The molecule has 6 rings (SSSR count). The molecular weight excluding hydrogens is 600 g/mol. The average Bonchev–Trinajstić information content (AvgIpc) is 3.50. The van der Waals surface area contributed by atoms with Gasteiger partial charge in [-0.05, 0) is 70.7 Å². The molecule has 1 aliphatic carbocycles. The Bertz CT molecular complexity index is 1850. The van der Waals surface area contributed by atoms with Crippen molar-refractivity contribution in [2.75, 3.05) is 12.4 Å². The number of aliphatic hydroxyl groups excluding tert-OH is 1. The van der Waals surface area contributed by atoms with E-state index >= 15 is 0 Å². The summed E-state index contributed by atoms with van der Waals surface area (Å²) in [6.45, 7) is 7.57. The van der Waals surface area contributed by atoms with Gasteiger partial charge >= 0.3 is 11.6 Å². The minimum atomic E-state index is -1.49. The van der Waals surface area contributed by atoms with Crippen LogP contribution in [0.3, 0.4) is 0 Å². The molecule has 1 amide bonds. The maximum atomic E-state index is 13.0. The Morgan fingerprint density at radius 1 is 1.20 bits per heavy atom. The molecule has 14 nitrogen and oxygen atoms in total. The molecule has 0 unspecified atom stereocenters. The van der Waals surface area contributed by atoms with Gasteiger partial charge in [0.1, 0.15) is 28.8 Å². The van der Waals surface area contributed by atoms with Gasteiger partial charge in [0.15, 0.2) is 23.6 Å². The topological polar surface area (TPSA) is 187 Å². The van der Waals surface area contributed by atoms with Crippen LogP contribution in [0.4, 0.5) is 5.69 Å². The zero-order valence-electron chi connectivity index (χ0n) is 26.0. The summed E-state index contributed by atoms with van der Waals surface area (Å²) in [5.74, 6) is -1.11. The highest BCUT2D eigenvalue weighted by Crippen LogP contribution is 2.39. The number of carbonyl (C=O) groups excluding carboxylic acids is 2. The van der Waals surface area contributed by atoms with Gasteiger partial charge in [-0.3, -0.25) is 4.79 Å². The van der Waals surface area contributed by atoms with Gasteiger partial charge < -0.3 is 48.4 Å². The SMILES string of the molecule is CO[C@@H]1[C@@H](OC(=O)c2ccc(C)[nH]2)[C@@H](O)[C@H](Oc2ccc3c(O)c(NC(=O)c4cn(CC5CC5)cn4)c(=O)oc3c2C)OC1(C)C. The number of H-pyrrole nitrogens is 1. The number of aromatic hydroxyl groups is 1. The maximum Gasteiger partial charge on any atom is 0.364 e. The summed E-state index contributed by atoms with van der Waals surface area (Å²) in [6, 6.07) is 6.24. The van der Waals surface area contributed by atoms with Gasteiger partial charge in [0, 0.05) is 31.1 Å². The van der Waals surface area contributed by atoms with Crippen LogP contribution in [0.1, 0.15) is 58.9 Å². The van der Waals surface area contributed by atoms with Gasteiger partial charge in [0.25, 0.3) is 5.91 Å². The summed E-state index contributed by atoms with van der Waals surface area (Å²) in [4.78, 5) is 45.7. The Morgan fingerprint density at radius 3 is 2.63 bits per heavy atom. The first-order valence-electron chi connectivity index (χ1n) is 14.9. The van der Waals surface area contributed by atoms with Crippen molar-refractivity contribution in [1.29, 1.82) is 0 Å². The number of fused-ring (bicyclic) bond motifs is 1. The first-order chi connectivity index (χ1) is 21.9. The molecule has 4 N–H and O–H groups in total. The number of esters is 1. The minimum absolute atomic E-state index is 0.00358. The number of anilines is 1. The number of rotatable bonds is 9. The average molecular weight is 637 g/mol. The van der Waals surface area contributed by atoms with Gasteiger partial charge in [0.05, 0.1) is 17.3 Å². The first-order valence-corrected chi connectivity index (χ1v) is 14.9. The van der Waals surface area contributed by atoms with E-state index in [4.69, 9.17) is 23.4 Å². The third kappa shape index (κ3) is 5.98. The van der Waals surface area contributed by atoms with Crippen LogP contribution in [0.2, 0.25) is 0 Å². The zero-order chi connectivity index (χ0) is 32.9. The summed E-state index contributed by atoms with van der Waals surface area (Å²) in [7, 11) is 1.42. The zero-order valence-corrected chi connectivity index (χ0v) is 26.0. The molecule has 1 saturated carbocycles. The Kier molecular flexibility index (Phi) is 8.12. The second-order valence-electron chi connectivity index (χ2n) is 12.3. The lowest BCUT2D eigenvalue weighted by Crippen LogP contribution is -2.65. The second kappa shape index (κ2) is 11.9. The summed E-state index contributed by atoms with van der Waals surface area (Å²) in [5, 5.41) is 24.9. The van der Waals surface area contributed by atoms with Crippen LogP contribution in [-0.4, -0.2) is 73.9 Å². The van der Waals surface area contributed by atoms with Crippen molar-refractivity contribution in [1.82, 2.24) is 14.5 Å². The molecule has 244 valence electrons. The predicted octanol–water partition coefficient (Wildman–Crippen LogP) is 3.42. The largest absolute Gasteiger partial charge is 0.505 e. The number of hydrogen-bond acceptors (Lipinski definition) is 11. The van der Waals surface area contributed by atoms with Crippen molar-refractivity contribution in [3.63, 3.8) is 0 Å². The Hall–Kier alpha value is -4.66. The van der Waals surface area contributed by atoms with Gasteiger partial charge in [-0.1, -0.05) is 0 Å². The van der Waals surface area contributed by atoms with Crippen molar-refractivity contribution in [3.05, 3.63) is 69.9 Å². The number of ether oxygens (including phenoxy) is 4. The number of hydrogen-bond donors (Lipinski definition) is 4. The number of aromatic nitrogens is 3. The van der Waals surface area contributed by atoms with Crippen LogP contribution >= 0.6 is 0 Å². The third-order valence-corrected chi connectivity index (χ3v) is 8.33. The molecule has 4 aromatic rings. The number of aliphatic hydroxyl groups is 1. The van der Waals surface area contributed by atoms with E-state index < -0.39 is 59.1 Å². The molecule has 0 radical (unpaired) electrons. The Morgan fingerprint density at radius 2 is 1.96 bits per heavy atom. The van der Waals surface area contributed by atoms with E-state index in [1.807, 2.05) is 4.57 Å². The van der Waals surface area contributed by atoms with Crippen LogP contribution < -0.4 is 15.7 Å². The molecule has 1 aromatic carbocycles. The fourth-order valence-corrected chi connectivity index (χ4v) is 5.70. The molecule has 0 bridgehead atoms. The third-order valence-electron chi connectivity index (χ3n) is 8.33. The van der Waals surface area contributed by atoms with Crippen molar-refractivity contribution in [3.8, 4) is 11.5 Å². The van der Waals surface area contributed by atoms with E-state index in [1.165, 1.54) is 19.2 Å². The second-order valence-corrected chi connectivity index (χ2v) is 12.3. The van der Waals surface area contributed by atoms with Crippen LogP contribution in [0.25, 0.3) is 11.0 Å². The minimum Gasteiger partial charge on any atom is -0.505 e. The number of nitrogens with zero attached hydrogens (tertiary/aromatic N) is 2. The molecule has 1 saturated heterocycles. The summed E-state index contributed by atoms with van der Waals surface area (Å²) in [5.41, 5.74) is -1.12. The highest BCUT2D eigenvalue weighted by molar-refractivity contribution is 6.05. The molecule has 14 heteroatoms. The number of aryl methyl sites for hydroxylation is 2. The fraction of sp³-hybridized carbons (Fsp3) is 0.438. The summed E-state index contributed by atoms with van der Waals surface area (Å²) < 4.78 is 30.8. The summed E-state index contributed by atoms with van der Waals surface area (Å²) >= 11 is 0.